The lowest BCUT2D eigenvalue weighted by atomic mass is 9.92. The predicted octanol–water partition coefficient (Wildman–Crippen LogP) is 2.16. The number of piperidine rings is 1. The third kappa shape index (κ3) is 3.53. The van der Waals surface area contributed by atoms with E-state index in [1.54, 1.807) is 17.3 Å². The van der Waals surface area contributed by atoms with Crippen LogP contribution in [0.1, 0.15) is 29.6 Å². The van der Waals surface area contributed by atoms with Crippen molar-refractivity contribution in [2.75, 3.05) is 18.4 Å². The second-order valence-corrected chi connectivity index (χ2v) is 7.13. The van der Waals surface area contributed by atoms with Crippen molar-refractivity contribution in [3.8, 4) is 0 Å². The van der Waals surface area contributed by atoms with E-state index in [2.05, 4.69) is 15.3 Å². The number of urea groups is 1. The van der Waals surface area contributed by atoms with Gasteiger partial charge in [-0.05, 0) is 19.8 Å². The number of hydrogen-bond donors (Lipinski definition) is 2. The summed E-state index contributed by atoms with van der Waals surface area (Å²) in [7, 11) is 1.86. The highest BCUT2D eigenvalue weighted by molar-refractivity contribution is 7.15. The molecule has 2 aromatic rings. The number of carbonyl (C=O) groups excluding carboxylic acids is 1. The Hall–Kier alpha value is -1.93. The summed E-state index contributed by atoms with van der Waals surface area (Å²) in [5, 5.41) is 14.0. The largest absolute Gasteiger partial charge is 0.385 e. The van der Waals surface area contributed by atoms with Crippen LogP contribution in [0.15, 0.2) is 18.6 Å². The molecule has 0 aliphatic carbocycles. The maximum absolute atomic E-state index is 12.4. The monoisotopic (exact) mass is 335 g/mol. The average Bonchev–Trinajstić information content (AvgIpc) is 3.15. The summed E-state index contributed by atoms with van der Waals surface area (Å²) in [4.78, 5) is 23.6. The minimum atomic E-state index is -0.660. The van der Waals surface area contributed by atoms with Crippen LogP contribution in [0.5, 0.6) is 0 Å². The van der Waals surface area contributed by atoms with Crippen molar-refractivity contribution in [1.82, 2.24) is 19.4 Å². The number of carbonyl (C=O) groups is 1. The summed E-state index contributed by atoms with van der Waals surface area (Å²) in [6, 6.07) is -0.156. The molecular formula is C15H21N5O2S. The average molecular weight is 335 g/mol. The van der Waals surface area contributed by atoms with E-state index in [1.807, 2.05) is 24.7 Å². The number of nitrogens with one attached hydrogen (secondary N) is 1. The molecule has 23 heavy (non-hydrogen) atoms. The van der Waals surface area contributed by atoms with E-state index < -0.39 is 6.10 Å². The van der Waals surface area contributed by atoms with Gasteiger partial charge < -0.3 is 14.6 Å². The molecule has 2 aromatic heterocycles. The van der Waals surface area contributed by atoms with Gasteiger partial charge in [0.1, 0.15) is 11.9 Å². The number of aryl methyl sites for hydroxylation is 2. The molecule has 1 fully saturated rings. The molecule has 0 bridgehead atoms. The molecule has 2 N–H and O–H groups in total. The Labute approximate surface area is 139 Å². The van der Waals surface area contributed by atoms with E-state index in [-0.39, 0.29) is 11.9 Å². The van der Waals surface area contributed by atoms with Gasteiger partial charge in [0.25, 0.3) is 0 Å². The van der Waals surface area contributed by atoms with Crippen LogP contribution in [0.4, 0.5) is 9.93 Å². The number of aromatic nitrogens is 3. The molecule has 0 aromatic carbocycles. The standard InChI is InChI=1S/C15H21N5O2S/c1-10-8-17-14(23-10)18-15(22)20-6-3-4-11(9-20)12(21)13-16-5-7-19(13)2/h5,7-8,11-12,21H,3-4,6,9H2,1-2H3,(H,17,18,22)/t11-,12-/m1/s1. The molecule has 3 heterocycles. The summed E-state index contributed by atoms with van der Waals surface area (Å²) < 4.78 is 1.82. The van der Waals surface area contributed by atoms with Crippen LogP contribution >= 0.6 is 11.3 Å². The summed E-state index contributed by atoms with van der Waals surface area (Å²) in [5.74, 6) is 0.640. The SMILES string of the molecule is Cc1cnc(NC(=O)N2CCC[C@@H]([C@@H](O)c3nccn3C)C2)s1. The van der Waals surface area contributed by atoms with Gasteiger partial charge in [-0.25, -0.2) is 14.8 Å². The van der Waals surface area contributed by atoms with Crippen LogP contribution in [-0.2, 0) is 7.05 Å². The van der Waals surface area contributed by atoms with Gasteiger partial charge in [-0.15, -0.1) is 11.3 Å². The topological polar surface area (TPSA) is 83.3 Å². The lowest BCUT2D eigenvalue weighted by Crippen LogP contribution is -2.44. The molecule has 8 heteroatoms. The summed E-state index contributed by atoms with van der Waals surface area (Å²) in [5.41, 5.74) is 0. The number of anilines is 1. The molecule has 0 unspecified atom stereocenters. The molecule has 0 radical (unpaired) electrons. The van der Waals surface area contributed by atoms with Gasteiger partial charge in [0, 0.05) is 49.5 Å². The Morgan fingerprint density at radius 3 is 3.00 bits per heavy atom. The molecule has 2 amide bonds. The molecule has 3 rings (SSSR count). The Bertz CT molecular complexity index is 683. The molecule has 0 saturated carbocycles. The molecule has 1 aliphatic heterocycles. The first-order valence-electron chi connectivity index (χ1n) is 7.68. The number of imidazole rings is 1. The first-order chi connectivity index (χ1) is 11.0. The van der Waals surface area contributed by atoms with Gasteiger partial charge in [0.05, 0.1) is 0 Å². The Morgan fingerprint density at radius 2 is 2.35 bits per heavy atom. The fourth-order valence-electron chi connectivity index (χ4n) is 2.91. The fourth-order valence-corrected chi connectivity index (χ4v) is 3.56. The van der Waals surface area contributed by atoms with Crippen molar-refractivity contribution >= 4 is 22.5 Å². The molecule has 0 spiro atoms. The zero-order chi connectivity index (χ0) is 16.4. The number of amides is 2. The van der Waals surface area contributed by atoms with E-state index in [9.17, 15) is 9.90 Å². The van der Waals surface area contributed by atoms with Crippen molar-refractivity contribution in [2.24, 2.45) is 13.0 Å². The maximum Gasteiger partial charge on any atom is 0.323 e. The molecule has 2 atom stereocenters. The summed E-state index contributed by atoms with van der Waals surface area (Å²) in [6.45, 7) is 3.16. The number of likely N-dealkylation sites (tertiary alicyclic amines) is 1. The quantitative estimate of drug-likeness (QED) is 0.900. The Kier molecular flexibility index (Phi) is 4.63. The molecule has 124 valence electrons. The van der Waals surface area contributed by atoms with Crippen LogP contribution in [0, 0.1) is 12.8 Å². The van der Waals surface area contributed by atoms with Crippen LogP contribution in [0.25, 0.3) is 0 Å². The number of nitrogens with zero attached hydrogens (tertiary/aromatic N) is 4. The van der Waals surface area contributed by atoms with Gasteiger partial charge in [0.2, 0.25) is 0 Å². The fraction of sp³-hybridized carbons (Fsp3) is 0.533. The molecule has 7 nitrogen and oxygen atoms in total. The first-order valence-corrected chi connectivity index (χ1v) is 8.50. The number of hydrogen-bond acceptors (Lipinski definition) is 5. The Balaban J connectivity index is 1.63. The number of aliphatic hydroxyl groups excluding tert-OH is 1. The van der Waals surface area contributed by atoms with Crippen molar-refractivity contribution in [3.05, 3.63) is 29.3 Å². The van der Waals surface area contributed by atoms with Gasteiger partial charge >= 0.3 is 6.03 Å². The van der Waals surface area contributed by atoms with E-state index in [1.165, 1.54) is 11.3 Å². The van der Waals surface area contributed by atoms with Crippen LogP contribution in [-0.4, -0.2) is 43.7 Å². The Morgan fingerprint density at radius 1 is 1.52 bits per heavy atom. The zero-order valence-electron chi connectivity index (χ0n) is 13.3. The third-order valence-corrected chi connectivity index (χ3v) is 4.98. The molecule has 1 aliphatic rings. The predicted molar refractivity (Wildman–Crippen MR) is 88.3 cm³/mol. The zero-order valence-corrected chi connectivity index (χ0v) is 14.1. The van der Waals surface area contributed by atoms with Gasteiger partial charge in [-0.1, -0.05) is 0 Å². The van der Waals surface area contributed by atoms with Gasteiger partial charge in [-0.2, -0.15) is 0 Å². The lowest BCUT2D eigenvalue weighted by Gasteiger charge is -2.34. The van der Waals surface area contributed by atoms with Crippen LogP contribution in [0.3, 0.4) is 0 Å². The minimum absolute atomic E-state index is 0.00590. The number of aliphatic hydroxyl groups is 1. The van der Waals surface area contributed by atoms with Gasteiger partial charge in [0.15, 0.2) is 5.13 Å². The normalized spacial score (nSPS) is 19.6. The maximum atomic E-state index is 12.4. The lowest BCUT2D eigenvalue weighted by molar-refractivity contribution is 0.0552. The van der Waals surface area contributed by atoms with E-state index in [0.717, 1.165) is 17.7 Å². The smallest absolute Gasteiger partial charge is 0.323 e. The van der Waals surface area contributed by atoms with E-state index >= 15 is 0 Å². The van der Waals surface area contributed by atoms with Crippen molar-refractivity contribution in [3.63, 3.8) is 0 Å². The van der Waals surface area contributed by atoms with E-state index in [4.69, 9.17) is 0 Å². The third-order valence-electron chi connectivity index (χ3n) is 4.15. The van der Waals surface area contributed by atoms with Crippen molar-refractivity contribution in [1.29, 1.82) is 0 Å². The van der Waals surface area contributed by atoms with Crippen LogP contribution < -0.4 is 5.32 Å². The second kappa shape index (κ2) is 6.67. The summed E-state index contributed by atoms with van der Waals surface area (Å²) in [6.07, 6.45) is 6.33. The van der Waals surface area contributed by atoms with Crippen molar-refractivity contribution < 1.29 is 9.90 Å². The van der Waals surface area contributed by atoms with Gasteiger partial charge in [-0.3, -0.25) is 5.32 Å². The number of thiazole rings is 1. The first kappa shape index (κ1) is 15.9. The summed E-state index contributed by atoms with van der Waals surface area (Å²) >= 11 is 1.45. The highest BCUT2D eigenvalue weighted by atomic mass is 32.1. The van der Waals surface area contributed by atoms with Crippen LogP contribution in [0.2, 0.25) is 0 Å². The number of rotatable bonds is 3. The van der Waals surface area contributed by atoms with E-state index in [0.29, 0.717) is 24.0 Å². The molecular weight excluding hydrogens is 314 g/mol. The second-order valence-electron chi connectivity index (χ2n) is 5.90. The minimum Gasteiger partial charge on any atom is -0.385 e. The van der Waals surface area contributed by atoms with Crippen molar-refractivity contribution in [2.45, 2.75) is 25.9 Å². The highest BCUT2D eigenvalue weighted by Crippen LogP contribution is 2.29. The molecule has 1 saturated heterocycles. The highest BCUT2D eigenvalue weighted by Gasteiger charge is 2.31.